The molecule has 0 unspecified atom stereocenters. The van der Waals surface area contributed by atoms with Gasteiger partial charge in [0.15, 0.2) is 0 Å². The van der Waals surface area contributed by atoms with Gasteiger partial charge in [0.05, 0.1) is 0 Å². The number of hydrogen-bond donors (Lipinski definition) is 1. The summed E-state index contributed by atoms with van der Waals surface area (Å²) in [6.45, 7) is 9.60. The Balaban J connectivity index is 2.01. The lowest BCUT2D eigenvalue weighted by Crippen LogP contribution is -2.38. The van der Waals surface area contributed by atoms with Gasteiger partial charge in [0.25, 0.3) is 0 Å². The van der Waals surface area contributed by atoms with Crippen LogP contribution in [-0.2, 0) is 0 Å². The Labute approximate surface area is 89.1 Å². The molecule has 0 saturated carbocycles. The first kappa shape index (κ1) is 12.0. The third kappa shape index (κ3) is 4.43. The molecule has 1 aliphatic rings. The zero-order valence-corrected chi connectivity index (χ0v) is 9.89. The lowest BCUT2D eigenvalue weighted by atomic mass is 10.1. The van der Waals surface area contributed by atoms with E-state index in [1.807, 2.05) is 0 Å². The number of nitrogens with one attached hydrogen (secondary N) is 1. The number of likely N-dealkylation sites (tertiary alicyclic amines) is 1. The topological polar surface area (TPSA) is 15.3 Å². The summed E-state index contributed by atoms with van der Waals surface area (Å²) in [6, 6.07) is 0.736. The monoisotopic (exact) mass is 198 g/mol. The number of piperidine rings is 1. The molecule has 0 amide bonds. The van der Waals surface area contributed by atoms with Crippen molar-refractivity contribution in [3.05, 3.63) is 0 Å². The van der Waals surface area contributed by atoms with E-state index in [-0.39, 0.29) is 0 Å². The van der Waals surface area contributed by atoms with Gasteiger partial charge in [-0.1, -0.05) is 20.3 Å². The van der Waals surface area contributed by atoms with Crippen LogP contribution in [0.2, 0.25) is 0 Å². The number of rotatable bonds is 6. The van der Waals surface area contributed by atoms with E-state index >= 15 is 0 Å². The van der Waals surface area contributed by atoms with Gasteiger partial charge in [-0.05, 0) is 38.8 Å². The van der Waals surface area contributed by atoms with Crippen LogP contribution in [0, 0.1) is 0 Å². The van der Waals surface area contributed by atoms with Crippen LogP contribution in [-0.4, -0.2) is 37.1 Å². The molecule has 0 atom stereocenters. The summed E-state index contributed by atoms with van der Waals surface area (Å²) in [7, 11) is 0. The van der Waals surface area contributed by atoms with Crippen molar-refractivity contribution >= 4 is 0 Å². The van der Waals surface area contributed by atoms with E-state index < -0.39 is 0 Å². The van der Waals surface area contributed by atoms with Gasteiger partial charge in [0, 0.05) is 19.1 Å². The van der Waals surface area contributed by atoms with Gasteiger partial charge >= 0.3 is 0 Å². The Morgan fingerprint density at radius 2 is 1.71 bits per heavy atom. The van der Waals surface area contributed by atoms with E-state index in [1.165, 1.54) is 58.3 Å². The zero-order chi connectivity index (χ0) is 10.2. The molecule has 0 spiro atoms. The predicted molar refractivity (Wildman–Crippen MR) is 62.7 cm³/mol. The van der Waals surface area contributed by atoms with Crippen LogP contribution in [0.25, 0.3) is 0 Å². The molecule has 1 saturated heterocycles. The van der Waals surface area contributed by atoms with Crippen molar-refractivity contribution in [3.8, 4) is 0 Å². The van der Waals surface area contributed by atoms with Crippen molar-refractivity contribution in [1.29, 1.82) is 0 Å². The zero-order valence-electron chi connectivity index (χ0n) is 9.89. The molecule has 0 radical (unpaired) electrons. The molecular weight excluding hydrogens is 172 g/mol. The first-order chi connectivity index (χ1) is 6.86. The highest BCUT2D eigenvalue weighted by atomic mass is 15.1. The fourth-order valence-electron chi connectivity index (χ4n) is 2.19. The minimum absolute atomic E-state index is 0.736. The average molecular weight is 198 g/mol. The molecule has 0 aliphatic carbocycles. The van der Waals surface area contributed by atoms with Gasteiger partial charge < -0.3 is 10.2 Å². The van der Waals surface area contributed by atoms with E-state index in [0.717, 1.165) is 6.04 Å². The fourth-order valence-corrected chi connectivity index (χ4v) is 2.19. The van der Waals surface area contributed by atoms with Gasteiger partial charge in [-0.2, -0.15) is 0 Å². The minimum atomic E-state index is 0.736. The van der Waals surface area contributed by atoms with Crippen molar-refractivity contribution in [1.82, 2.24) is 10.2 Å². The van der Waals surface area contributed by atoms with Crippen LogP contribution in [0.15, 0.2) is 0 Å². The van der Waals surface area contributed by atoms with Gasteiger partial charge in [-0.15, -0.1) is 0 Å². The second-order valence-electron chi connectivity index (χ2n) is 4.37. The molecular formula is C12H26N2. The summed E-state index contributed by atoms with van der Waals surface area (Å²) in [5.41, 5.74) is 0. The molecule has 0 aromatic rings. The molecule has 1 aliphatic heterocycles. The molecule has 2 nitrogen and oxygen atoms in total. The summed E-state index contributed by atoms with van der Waals surface area (Å²) in [5, 5.41) is 3.62. The van der Waals surface area contributed by atoms with Crippen LogP contribution in [0.3, 0.4) is 0 Å². The second-order valence-corrected chi connectivity index (χ2v) is 4.37. The Hall–Kier alpha value is -0.0800. The van der Waals surface area contributed by atoms with Crippen LogP contribution >= 0.6 is 0 Å². The van der Waals surface area contributed by atoms with Gasteiger partial charge in [-0.25, -0.2) is 0 Å². The summed E-state index contributed by atoms with van der Waals surface area (Å²) >= 11 is 0. The number of hydrogen-bond acceptors (Lipinski definition) is 2. The van der Waals surface area contributed by atoms with Crippen LogP contribution in [0.5, 0.6) is 0 Å². The highest BCUT2D eigenvalue weighted by molar-refractivity contribution is 4.68. The maximum Gasteiger partial charge on any atom is 0.0107 e. The SMILES string of the molecule is CCC(CC)NCCN1CCCCC1. The molecule has 1 N–H and O–H groups in total. The van der Waals surface area contributed by atoms with E-state index in [0.29, 0.717) is 0 Å². The highest BCUT2D eigenvalue weighted by Gasteiger charge is 2.09. The molecule has 1 rings (SSSR count). The summed E-state index contributed by atoms with van der Waals surface area (Å²) < 4.78 is 0. The van der Waals surface area contributed by atoms with E-state index in [1.54, 1.807) is 0 Å². The van der Waals surface area contributed by atoms with Crippen LogP contribution < -0.4 is 5.32 Å². The minimum Gasteiger partial charge on any atom is -0.313 e. The molecule has 14 heavy (non-hydrogen) atoms. The largest absolute Gasteiger partial charge is 0.313 e. The molecule has 0 aromatic heterocycles. The first-order valence-corrected chi connectivity index (χ1v) is 6.32. The normalized spacial score (nSPS) is 19.1. The van der Waals surface area contributed by atoms with Crippen LogP contribution in [0.1, 0.15) is 46.0 Å². The molecule has 1 fully saturated rings. The van der Waals surface area contributed by atoms with Crippen molar-refractivity contribution in [2.45, 2.75) is 52.0 Å². The smallest absolute Gasteiger partial charge is 0.0107 e. The van der Waals surface area contributed by atoms with Crippen molar-refractivity contribution in [2.75, 3.05) is 26.2 Å². The quantitative estimate of drug-likeness (QED) is 0.704. The average Bonchev–Trinajstić information content (AvgIpc) is 2.26. The predicted octanol–water partition coefficient (Wildman–Crippen LogP) is 2.25. The van der Waals surface area contributed by atoms with E-state index in [9.17, 15) is 0 Å². The molecule has 2 heteroatoms. The molecule has 84 valence electrons. The lowest BCUT2D eigenvalue weighted by Gasteiger charge is -2.27. The standard InChI is InChI=1S/C12H26N2/c1-3-12(4-2)13-8-11-14-9-6-5-7-10-14/h12-13H,3-11H2,1-2H3. The lowest BCUT2D eigenvalue weighted by molar-refractivity contribution is 0.225. The maximum atomic E-state index is 3.62. The molecule has 0 bridgehead atoms. The molecule has 1 heterocycles. The third-order valence-corrected chi connectivity index (χ3v) is 3.30. The summed E-state index contributed by atoms with van der Waals surface area (Å²) in [5.74, 6) is 0. The van der Waals surface area contributed by atoms with E-state index in [2.05, 4.69) is 24.1 Å². The van der Waals surface area contributed by atoms with Crippen molar-refractivity contribution < 1.29 is 0 Å². The highest BCUT2D eigenvalue weighted by Crippen LogP contribution is 2.07. The van der Waals surface area contributed by atoms with Gasteiger partial charge in [0.2, 0.25) is 0 Å². The Morgan fingerprint density at radius 3 is 2.29 bits per heavy atom. The first-order valence-electron chi connectivity index (χ1n) is 6.32. The van der Waals surface area contributed by atoms with Crippen molar-refractivity contribution in [3.63, 3.8) is 0 Å². The fraction of sp³-hybridized carbons (Fsp3) is 1.00. The second kappa shape index (κ2) is 7.24. The van der Waals surface area contributed by atoms with Gasteiger partial charge in [0.1, 0.15) is 0 Å². The van der Waals surface area contributed by atoms with Gasteiger partial charge in [-0.3, -0.25) is 0 Å². The van der Waals surface area contributed by atoms with E-state index in [4.69, 9.17) is 0 Å². The maximum absolute atomic E-state index is 3.62. The Morgan fingerprint density at radius 1 is 1.07 bits per heavy atom. The summed E-state index contributed by atoms with van der Waals surface area (Å²) in [6.07, 6.45) is 6.78. The molecule has 0 aromatic carbocycles. The third-order valence-electron chi connectivity index (χ3n) is 3.30. The Bertz CT molecular complexity index is 126. The Kier molecular flexibility index (Phi) is 6.20. The summed E-state index contributed by atoms with van der Waals surface area (Å²) in [4.78, 5) is 2.60. The van der Waals surface area contributed by atoms with Crippen LogP contribution in [0.4, 0.5) is 0 Å². The van der Waals surface area contributed by atoms with Crippen molar-refractivity contribution in [2.24, 2.45) is 0 Å². The number of nitrogens with zero attached hydrogens (tertiary/aromatic N) is 1.